The van der Waals surface area contributed by atoms with E-state index in [0.717, 1.165) is 5.56 Å². The van der Waals surface area contributed by atoms with Crippen LogP contribution in [-0.2, 0) is 4.79 Å². The number of carbonyl (C=O) groups excluding carboxylic acids is 2. The molecule has 0 fully saturated rings. The average molecular weight is 324 g/mol. The number of ether oxygens (including phenoxy) is 2. The van der Waals surface area contributed by atoms with E-state index in [4.69, 9.17) is 9.47 Å². The van der Waals surface area contributed by atoms with Gasteiger partial charge in [0.1, 0.15) is 13.2 Å². The molecule has 4 rings (SSSR count). The third kappa shape index (κ3) is 2.67. The highest BCUT2D eigenvalue weighted by Gasteiger charge is 2.29. The van der Waals surface area contributed by atoms with E-state index in [9.17, 15) is 9.59 Å². The molecule has 2 heterocycles. The Labute approximate surface area is 138 Å². The summed E-state index contributed by atoms with van der Waals surface area (Å²) in [6.45, 7) is 1.02. The molecule has 2 amide bonds. The van der Waals surface area contributed by atoms with Gasteiger partial charge < -0.3 is 20.1 Å². The van der Waals surface area contributed by atoms with Gasteiger partial charge in [0.25, 0.3) is 5.91 Å². The fourth-order valence-electron chi connectivity index (χ4n) is 3.00. The number of benzene rings is 2. The largest absolute Gasteiger partial charge is 0.486 e. The van der Waals surface area contributed by atoms with Crippen molar-refractivity contribution in [2.75, 3.05) is 18.5 Å². The Balaban J connectivity index is 1.45. The van der Waals surface area contributed by atoms with Gasteiger partial charge in [0.15, 0.2) is 11.5 Å². The molecule has 6 heteroatoms. The summed E-state index contributed by atoms with van der Waals surface area (Å²) >= 11 is 0. The first-order chi connectivity index (χ1) is 11.7. The zero-order chi connectivity index (χ0) is 16.5. The van der Waals surface area contributed by atoms with Gasteiger partial charge in [-0.2, -0.15) is 0 Å². The number of rotatable bonds is 3. The van der Waals surface area contributed by atoms with Crippen molar-refractivity contribution in [3.05, 3.63) is 53.6 Å². The maximum atomic E-state index is 12.3. The predicted octanol–water partition coefficient (Wildman–Crippen LogP) is 2.27. The zero-order valence-electron chi connectivity index (χ0n) is 12.9. The molecule has 0 saturated carbocycles. The first-order valence-corrected chi connectivity index (χ1v) is 7.80. The van der Waals surface area contributed by atoms with Gasteiger partial charge in [-0.15, -0.1) is 0 Å². The molecule has 24 heavy (non-hydrogen) atoms. The molecule has 2 aliphatic heterocycles. The minimum Gasteiger partial charge on any atom is -0.486 e. The van der Waals surface area contributed by atoms with Gasteiger partial charge in [0.2, 0.25) is 5.91 Å². The van der Waals surface area contributed by atoms with Crippen LogP contribution in [0.3, 0.4) is 0 Å². The molecule has 0 unspecified atom stereocenters. The minimum absolute atomic E-state index is 0.136. The fraction of sp³-hybridized carbons (Fsp3) is 0.222. The van der Waals surface area contributed by atoms with E-state index in [1.165, 1.54) is 0 Å². The second kappa shape index (κ2) is 5.88. The fourth-order valence-corrected chi connectivity index (χ4v) is 3.00. The number of amides is 2. The van der Waals surface area contributed by atoms with E-state index < -0.39 is 0 Å². The minimum atomic E-state index is -0.300. The summed E-state index contributed by atoms with van der Waals surface area (Å²) in [6.07, 6.45) is 0.178. The van der Waals surface area contributed by atoms with Crippen molar-refractivity contribution < 1.29 is 19.1 Å². The monoisotopic (exact) mass is 324 g/mol. The summed E-state index contributed by atoms with van der Waals surface area (Å²) < 4.78 is 11.0. The van der Waals surface area contributed by atoms with Crippen LogP contribution < -0.4 is 20.1 Å². The number of fused-ring (bicyclic) bond motifs is 2. The van der Waals surface area contributed by atoms with Crippen molar-refractivity contribution in [2.24, 2.45) is 0 Å². The van der Waals surface area contributed by atoms with Gasteiger partial charge in [-0.05, 0) is 23.8 Å². The maximum Gasteiger partial charge on any atom is 0.252 e. The predicted molar refractivity (Wildman–Crippen MR) is 87.3 cm³/mol. The lowest BCUT2D eigenvalue weighted by Crippen LogP contribution is -2.24. The second-order valence-electron chi connectivity index (χ2n) is 5.72. The molecule has 0 aromatic heterocycles. The maximum absolute atomic E-state index is 12.3. The molecule has 2 aliphatic rings. The van der Waals surface area contributed by atoms with E-state index >= 15 is 0 Å². The molecule has 0 saturated heterocycles. The van der Waals surface area contributed by atoms with Gasteiger partial charge in [-0.3, -0.25) is 9.59 Å². The molecule has 0 radical (unpaired) electrons. The van der Waals surface area contributed by atoms with E-state index in [2.05, 4.69) is 10.6 Å². The number of anilines is 1. The van der Waals surface area contributed by atoms with E-state index in [1.807, 2.05) is 18.2 Å². The van der Waals surface area contributed by atoms with E-state index in [0.29, 0.717) is 36.0 Å². The smallest absolute Gasteiger partial charge is 0.252 e. The Bertz CT molecular complexity index is 818. The first kappa shape index (κ1) is 14.6. The average Bonchev–Trinajstić information content (AvgIpc) is 2.91. The highest BCUT2D eigenvalue weighted by molar-refractivity contribution is 6.00. The van der Waals surface area contributed by atoms with Crippen LogP contribution in [0.15, 0.2) is 42.5 Å². The topological polar surface area (TPSA) is 76.7 Å². The van der Waals surface area contributed by atoms with E-state index in [1.54, 1.807) is 24.3 Å². The zero-order valence-corrected chi connectivity index (χ0v) is 12.9. The standard InChI is InChI=1S/C18H16N2O4/c21-17(10-14-12-3-1-2-4-13(12)18(22)20-14)19-11-5-6-15-16(9-11)24-8-7-23-15/h1-6,9,14H,7-8,10H2,(H,19,21)(H,20,22)/t14-/m0/s1. The normalized spacial score (nSPS) is 17.8. The third-order valence-electron chi connectivity index (χ3n) is 4.10. The summed E-state index contributed by atoms with van der Waals surface area (Å²) in [7, 11) is 0. The van der Waals surface area contributed by atoms with E-state index in [-0.39, 0.29) is 24.3 Å². The quantitative estimate of drug-likeness (QED) is 0.908. The number of carbonyl (C=O) groups is 2. The Morgan fingerprint density at radius 1 is 1.12 bits per heavy atom. The van der Waals surface area contributed by atoms with Crippen molar-refractivity contribution in [1.29, 1.82) is 0 Å². The molecular weight excluding hydrogens is 308 g/mol. The summed E-state index contributed by atoms with van der Waals surface area (Å²) in [5.74, 6) is 0.992. The molecule has 6 nitrogen and oxygen atoms in total. The van der Waals surface area contributed by atoms with Crippen molar-refractivity contribution in [3.63, 3.8) is 0 Å². The number of hydrogen-bond donors (Lipinski definition) is 2. The van der Waals surface area contributed by atoms with Gasteiger partial charge in [0.05, 0.1) is 12.5 Å². The molecule has 0 aliphatic carbocycles. The van der Waals surface area contributed by atoms with Crippen LogP contribution in [0, 0.1) is 0 Å². The number of nitrogens with one attached hydrogen (secondary N) is 2. The van der Waals surface area contributed by atoms with Gasteiger partial charge in [-0.25, -0.2) is 0 Å². The van der Waals surface area contributed by atoms with Gasteiger partial charge in [0, 0.05) is 17.3 Å². The Kier molecular flexibility index (Phi) is 3.57. The second-order valence-corrected chi connectivity index (χ2v) is 5.72. The summed E-state index contributed by atoms with van der Waals surface area (Å²) in [5, 5.41) is 5.68. The van der Waals surface area contributed by atoms with Crippen LogP contribution in [0.25, 0.3) is 0 Å². The Morgan fingerprint density at radius 3 is 2.79 bits per heavy atom. The molecule has 2 aromatic rings. The molecule has 2 aromatic carbocycles. The summed E-state index contributed by atoms with van der Waals surface area (Å²) in [6, 6.07) is 12.3. The van der Waals surface area contributed by atoms with Crippen molar-refractivity contribution in [1.82, 2.24) is 5.32 Å². The van der Waals surface area contributed by atoms with Gasteiger partial charge >= 0.3 is 0 Å². The van der Waals surface area contributed by atoms with Crippen LogP contribution >= 0.6 is 0 Å². The SMILES string of the molecule is O=C(C[C@@H]1NC(=O)c2ccccc21)Nc1ccc2c(c1)OCCO2. The molecule has 0 spiro atoms. The lowest BCUT2D eigenvalue weighted by Gasteiger charge is -2.19. The van der Waals surface area contributed by atoms with Crippen LogP contribution in [0.5, 0.6) is 11.5 Å². The highest BCUT2D eigenvalue weighted by atomic mass is 16.6. The molecule has 0 bridgehead atoms. The highest BCUT2D eigenvalue weighted by Crippen LogP contribution is 2.33. The summed E-state index contributed by atoms with van der Waals surface area (Å²) in [5.41, 5.74) is 2.14. The van der Waals surface area contributed by atoms with Crippen molar-refractivity contribution >= 4 is 17.5 Å². The van der Waals surface area contributed by atoms with Crippen molar-refractivity contribution in [3.8, 4) is 11.5 Å². The molecular formula is C18H16N2O4. The van der Waals surface area contributed by atoms with Gasteiger partial charge in [-0.1, -0.05) is 18.2 Å². The first-order valence-electron chi connectivity index (χ1n) is 7.80. The Morgan fingerprint density at radius 2 is 1.92 bits per heavy atom. The Hall–Kier alpha value is -3.02. The third-order valence-corrected chi connectivity index (χ3v) is 4.10. The molecule has 1 atom stereocenters. The van der Waals surface area contributed by atoms with Crippen molar-refractivity contribution in [2.45, 2.75) is 12.5 Å². The van der Waals surface area contributed by atoms with Crippen LogP contribution in [0.2, 0.25) is 0 Å². The lowest BCUT2D eigenvalue weighted by atomic mass is 10.0. The van der Waals surface area contributed by atoms with Crippen LogP contribution in [0.4, 0.5) is 5.69 Å². The molecule has 122 valence electrons. The summed E-state index contributed by atoms with van der Waals surface area (Å²) in [4.78, 5) is 24.2. The number of hydrogen-bond acceptors (Lipinski definition) is 4. The molecule has 2 N–H and O–H groups in total. The van der Waals surface area contributed by atoms with Crippen LogP contribution in [0.1, 0.15) is 28.4 Å². The lowest BCUT2D eigenvalue weighted by molar-refractivity contribution is -0.116. The van der Waals surface area contributed by atoms with Crippen LogP contribution in [-0.4, -0.2) is 25.0 Å².